The summed E-state index contributed by atoms with van der Waals surface area (Å²) in [6.45, 7) is 9.79. The van der Waals surface area contributed by atoms with Crippen LogP contribution in [0.15, 0.2) is 0 Å². The van der Waals surface area contributed by atoms with Gasteiger partial charge in [0.2, 0.25) is 0 Å². The van der Waals surface area contributed by atoms with E-state index >= 15 is 0 Å². The molecule has 1 saturated heterocycles. The predicted octanol–water partition coefficient (Wildman–Crippen LogP) is 2.50. The largest absolute Gasteiger partial charge is 0.311 e. The van der Waals surface area contributed by atoms with Crippen molar-refractivity contribution in [1.82, 2.24) is 10.2 Å². The molecule has 2 rings (SSSR count). The van der Waals surface area contributed by atoms with Crippen molar-refractivity contribution in [1.29, 1.82) is 0 Å². The van der Waals surface area contributed by atoms with Crippen LogP contribution in [0.3, 0.4) is 0 Å². The Kier molecular flexibility index (Phi) is 4.66. The molecule has 0 spiro atoms. The van der Waals surface area contributed by atoms with Crippen LogP contribution in [0.5, 0.6) is 0 Å². The first-order valence-electron chi connectivity index (χ1n) is 7.20. The molecule has 1 heterocycles. The highest BCUT2D eigenvalue weighted by atomic mass is 15.2. The highest BCUT2D eigenvalue weighted by Crippen LogP contribution is 2.26. The fraction of sp³-hybridized carbons (Fsp3) is 1.00. The molecule has 0 aromatic rings. The van der Waals surface area contributed by atoms with Gasteiger partial charge in [-0.15, -0.1) is 0 Å². The minimum Gasteiger partial charge on any atom is -0.311 e. The van der Waals surface area contributed by atoms with Crippen LogP contribution in [0.1, 0.15) is 46.0 Å². The van der Waals surface area contributed by atoms with Crippen molar-refractivity contribution >= 4 is 0 Å². The van der Waals surface area contributed by atoms with E-state index in [1.807, 2.05) is 0 Å². The summed E-state index contributed by atoms with van der Waals surface area (Å²) in [5, 5.41) is 3.66. The maximum atomic E-state index is 3.66. The standard InChI is InChI=1S/C14H28N2/c1-12(2)9-14-11-16(8-7-15-14)10-13-5-3-4-6-13/h12-15H,3-11H2,1-2H3. The lowest BCUT2D eigenvalue weighted by Crippen LogP contribution is -2.51. The molecule has 16 heavy (non-hydrogen) atoms. The molecule has 0 amide bonds. The molecule has 1 unspecified atom stereocenters. The molecule has 2 heteroatoms. The maximum absolute atomic E-state index is 3.66. The van der Waals surface area contributed by atoms with E-state index in [9.17, 15) is 0 Å². The first kappa shape index (κ1) is 12.4. The van der Waals surface area contributed by atoms with Crippen LogP contribution in [0, 0.1) is 11.8 Å². The molecule has 2 fully saturated rings. The monoisotopic (exact) mass is 224 g/mol. The highest BCUT2D eigenvalue weighted by Gasteiger charge is 2.23. The number of hydrogen-bond donors (Lipinski definition) is 1. The van der Waals surface area contributed by atoms with Gasteiger partial charge in [0.25, 0.3) is 0 Å². The van der Waals surface area contributed by atoms with Gasteiger partial charge in [0, 0.05) is 32.2 Å². The van der Waals surface area contributed by atoms with Crippen LogP contribution in [0.2, 0.25) is 0 Å². The zero-order chi connectivity index (χ0) is 11.4. The summed E-state index contributed by atoms with van der Waals surface area (Å²) in [7, 11) is 0. The van der Waals surface area contributed by atoms with Crippen molar-refractivity contribution in [2.24, 2.45) is 11.8 Å². The van der Waals surface area contributed by atoms with Crippen LogP contribution in [0.4, 0.5) is 0 Å². The highest BCUT2D eigenvalue weighted by molar-refractivity contribution is 4.81. The van der Waals surface area contributed by atoms with Crippen LogP contribution in [-0.2, 0) is 0 Å². The SMILES string of the molecule is CC(C)CC1CN(CC2CCCC2)CCN1. The fourth-order valence-corrected chi connectivity index (χ4v) is 3.35. The Morgan fingerprint density at radius 1 is 1.25 bits per heavy atom. The Morgan fingerprint density at radius 2 is 2.00 bits per heavy atom. The third-order valence-corrected chi connectivity index (χ3v) is 4.09. The van der Waals surface area contributed by atoms with Gasteiger partial charge >= 0.3 is 0 Å². The minimum atomic E-state index is 0.746. The van der Waals surface area contributed by atoms with E-state index in [1.165, 1.54) is 58.3 Å². The molecule has 0 bridgehead atoms. The second-order valence-electron chi connectivity index (χ2n) is 6.19. The molecule has 2 aliphatic rings. The third kappa shape index (κ3) is 3.74. The van der Waals surface area contributed by atoms with E-state index in [-0.39, 0.29) is 0 Å². The molecule has 1 aliphatic carbocycles. The number of hydrogen-bond acceptors (Lipinski definition) is 2. The number of piperazine rings is 1. The van der Waals surface area contributed by atoms with E-state index < -0.39 is 0 Å². The van der Waals surface area contributed by atoms with Gasteiger partial charge < -0.3 is 10.2 Å². The molecular weight excluding hydrogens is 196 g/mol. The Balaban J connectivity index is 1.72. The maximum Gasteiger partial charge on any atom is 0.0198 e. The molecule has 2 nitrogen and oxygen atoms in total. The van der Waals surface area contributed by atoms with Crippen molar-refractivity contribution in [2.45, 2.75) is 52.0 Å². The van der Waals surface area contributed by atoms with Crippen molar-refractivity contribution in [3.63, 3.8) is 0 Å². The van der Waals surface area contributed by atoms with Crippen molar-refractivity contribution in [3.05, 3.63) is 0 Å². The summed E-state index contributed by atoms with van der Waals surface area (Å²) in [5.41, 5.74) is 0. The molecular formula is C14H28N2. The Hall–Kier alpha value is -0.0800. The summed E-state index contributed by atoms with van der Waals surface area (Å²) < 4.78 is 0. The van der Waals surface area contributed by atoms with Gasteiger partial charge in [-0.05, 0) is 31.1 Å². The number of nitrogens with zero attached hydrogens (tertiary/aromatic N) is 1. The fourth-order valence-electron chi connectivity index (χ4n) is 3.35. The Labute approximate surface area is 101 Å². The first-order valence-corrected chi connectivity index (χ1v) is 7.20. The van der Waals surface area contributed by atoms with Crippen molar-refractivity contribution in [2.75, 3.05) is 26.2 Å². The molecule has 1 aliphatic heterocycles. The third-order valence-electron chi connectivity index (χ3n) is 4.09. The van der Waals surface area contributed by atoms with Gasteiger partial charge in [-0.2, -0.15) is 0 Å². The van der Waals surface area contributed by atoms with Crippen molar-refractivity contribution < 1.29 is 0 Å². The van der Waals surface area contributed by atoms with Gasteiger partial charge in [0.05, 0.1) is 0 Å². The first-order chi connectivity index (χ1) is 7.74. The van der Waals surface area contributed by atoms with E-state index in [0.717, 1.165) is 17.9 Å². The summed E-state index contributed by atoms with van der Waals surface area (Å²) in [4.78, 5) is 2.71. The smallest absolute Gasteiger partial charge is 0.0198 e. The molecule has 1 saturated carbocycles. The molecule has 1 atom stereocenters. The number of rotatable bonds is 4. The zero-order valence-electron chi connectivity index (χ0n) is 11.0. The zero-order valence-corrected chi connectivity index (χ0v) is 11.0. The quantitative estimate of drug-likeness (QED) is 0.789. The molecule has 0 aromatic heterocycles. The topological polar surface area (TPSA) is 15.3 Å². The predicted molar refractivity (Wildman–Crippen MR) is 69.6 cm³/mol. The van der Waals surface area contributed by atoms with Crippen LogP contribution < -0.4 is 5.32 Å². The van der Waals surface area contributed by atoms with Crippen LogP contribution in [-0.4, -0.2) is 37.1 Å². The average Bonchev–Trinajstić information content (AvgIpc) is 2.70. The second kappa shape index (κ2) is 6.02. The molecule has 94 valence electrons. The lowest BCUT2D eigenvalue weighted by molar-refractivity contribution is 0.163. The van der Waals surface area contributed by atoms with Gasteiger partial charge in [0.15, 0.2) is 0 Å². The van der Waals surface area contributed by atoms with Gasteiger partial charge in [-0.25, -0.2) is 0 Å². The van der Waals surface area contributed by atoms with Gasteiger partial charge in [0.1, 0.15) is 0 Å². The second-order valence-corrected chi connectivity index (χ2v) is 6.19. The van der Waals surface area contributed by atoms with E-state index in [2.05, 4.69) is 24.1 Å². The lowest BCUT2D eigenvalue weighted by atomic mass is 10.0. The average molecular weight is 224 g/mol. The Morgan fingerprint density at radius 3 is 2.69 bits per heavy atom. The molecule has 1 N–H and O–H groups in total. The van der Waals surface area contributed by atoms with Crippen LogP contribution >= 0.6 is 0 Å². The molecule has 0 aromatic carbocycles. The van der Waals surface area contributed by atoms with E-state index in [0.29, 0.717) is 0 Å². The normalized spacial score (nSPS) is 29.1. The van der Waals surface area contributed by atoms with Crippen molar-refractivity contribution in [3.8, 4) is 0 Å². The summed E-state index contributed by atoms with van der Waals surface area (Å²) in [6, 6.07) is 0.746. The van der Waals surface area contributed by atoms with E-state index in [1.54, 1.807) is 0 Å². The molecule has 0 radical (unpaired) electrons. The van der Waals surface area contributed by atoms with Gasteiger partial charge in [-0.3, -0.25) is 0 Å². The van der Waals surface area contributed by atoms with Gasteiger partial charge in [-0.1, -0.05) is 26.7 Å². The summed E-state index contributed by atoms with van der Waals surface area (Å²) in [5.74, 6) is 1.83. The lowest BCUT2D eigenvalue weighted by Gasteiger charge is -2.35. The number of nitrogens with one attached hydrogen (secondary N) is 1. The summed E-state index contributed by atoms with van der Waals surface area (Å²) >= 11 is 0. The van der Waals surface area contributed by atoms with E-state index in [4.69, 9.17) is 0 Å². The Bertz CT molecular complexity index is 197. The van der Waals surface area contributed by atoms with Crippen LogP contribution in [0.25, 0.3) is 0 Å². The summed E-state index contributed by atoms with van der Waals surface area (Å²) in [6.07, 6.45) is 7.26. The minimum absolute atomic E-state index is 0.746.